The minimum atomic E-state index is -0.806. The SMILES string of the molecule is CC/C=C\C/C=C\C/C=C\C/C=C\C/C=C\CCCCCC(=O)OC(CCCCCC/C=C\C/C=C\C/C=C\CCCCC)CC(=O)NC(CO)C(O)CCCCCCCCCCCCCC. The lowest BCUT2D eigenvalue weighted by Crippen LogP contribution is -2.46. The lowest BCUT2D eigenvalue weighted by Gasteiger charge is -2.24. The second kappa shape index (κ2) is 53.7. The van der Waals surface area contributed by atoms with E-state index in [9.17, 15) is 19.8 Å². The first kappa shape index (κ1) is 63.8. The number of allylic oxidation sites excluding steroid dienone is 16. The summed E-state index contributed by atoms with van der Waals surface area (Å²) in [7, 11) is 0. The third kappa shape index (κ3) is 49.0. The predicted molar refractivity (Wildman–Crippen MR) is 291 cm³/mol. The highest BCUT2D eigenvalue weighted by atomic mass is 16.5. The first-order chi connectivity index (χ1) is 33.0. The van der Waals surface area contributed by atoms with Gasteiger partial charge in [-0.15, -0.1) is 0 Å². The highest BCUT2D eigenvalue weighted by molar-refractivity contribution is 5.77. The molecule has 0 bridgehead atoms. The number of ether oxygens (including phenoxy) is 1. The van der Waals surface area contributed by atoms with Gasteiger partial charge in [0.15, 0.2) is 0 Å². The monoisotopic (exact) mass is 932 g/mol. The number of aliphatic hydroxyl groups is 2. The summed E-state index contributed by atoms with van der Waals surface area (Å²) >= 11 is 0. The zero-order valence-electron chi connectivity index (χ0n) is 43.8. The van der Waals surface area contributed by atoms with E-state index in [1.165, 1.54) is 83.5 Å². The van der Waals surface area contributed by atoms with Gasteiger partial charge in [0.1, 0.15) is 6.10 Å². The summed E-state index contributed by atoms with van der Waals surface area (Å²) in [5.74, 6) is -0.537. The molecule has 0 fully saturated rings. The number of aliphatic hydroxyl groups excluding tert-OH is 2. The van der Waals surface area contributed by atoms with Gasteiger partial charge < -0.3 is 20.3 Å². The van der Waals surface area contributed by atoms with Crippen LogP contribution in [0.3, 0.4) is 0 Å². The number of hydrogen-bond acceptors (Lipinski definition) is 5. The van der Waals surface area contributed by atoms with Gasteiger partial charge in [0.2, 0.25) is 5.91 Å². The summed E-state index contributed by atoms with van der Waals surface area (Å²) < 4.78 is 5.93. The van der Waals surface area contributed by atoms with Gasteiger partial charge in [0.25, 0.3) is 0 Å². The molecule has 0 radical (unpaired) electrons. The zero-order valence-corrected chi connectivity index (χ0v) is 43.8. The van der Waals surface area contributed by atoms with Gasteiger partial charge in [-0.1, -0.05) is 227 Å². The number of carbonyl (C=O) groups is 2. The van der Waals surface area contributed by atoms with Crippen molar-refractivity contribution in [1.29, 1.82) is 0 Å². The molecule has 0 aliphatic carbocycles. The van der Waals surface area contributed by atoms with Gasteiger partial charge in [-0.05, 0) is 109 Å². The summed E-state index contributed by atoms with van der Waals surface area (Å²) in [6.45, 7) is 6.33. The fraction of sp³-hybridized carbons (Fsp3) is 0.705. The molecule has 6 heteroatoms. The molecule has 3 atom stereocenters. The molecule has 384 valence electrons. The Morgan fingerprint density at radius 3 is 1.25 bits per heavy atom. The molecule has 0 heterocycles. The molecular formula is C61H105NO5. The summed E-state index contributed by atoms with van der Waals surface area (Å²) in [6.07, 6.45) is 71.8. The van der Waals surface area contributed by atoms with Crippen LogP contribution in [0.1, 0.15) is 252 Å². The zero-order chi connectivity index (χ0) is 48.8. The van der Waals surface area contributed by atoms with E-state index in [2.05, 4.69) is 123 Å². The summed E-state index contributed by atoms with van der Waals surface area (Å²) in [5.41, 5.74) is 0. The third-order valence-electron chi connectivity index (χ3n) is 12.1. The van der Waals surface area contributed by atoms with Crippen molar-refractivity contribution in [2.45, 2.75) is 270 Å². The van der Waals surface area contributed by atoms with Crippen LogP contribution >= 0.6 is 0 Å². The van der Waals surface area contributed by atoms with Crippen LogP contribution in [-0.2, 0) is 14.3 Å². The van der Waals surface area contributed by atoms with E-state index in [-0.39, 0.29) is 24.9 Å². The largest absolute Gasteiger partial charge is 0.462 e. The van der Waals surface area contributed by atoms with E-state index in [1.807, 2.05) is 0 Å². The Balaban J connectivity index is 4.71. The molecule has 0 rings (SSSR count). The highest BCUT2D eigenvalue weighted by Gasteiger charge is 2.24. The molecule has 67 heavy (non-hydrogen) atoms. The van der Waals surface area contributed by atoms with E-state index in [0.29, 0.717) is 19.3 Å². The Hall–Kier alpha value is -3.22. The van der Waals surface area contributed by atoms with E-state index in [0.717, 1.165) is 122 Å². The standard InChI is InChI=1S/C61H105NO5/c1-4-7-10-13-16-19-22-25-27-29-30-32-34-36-39-42-45-48-51-54-61(66)67-57(52-49-46-43-40-37-35-33-31-28-26-23-20-17-14-11-8-5-2)55-60(65)62-58(56-63)59(64)53-50-47-44-41-38-24-21-18-15-12-9-6-3/h7,10,16-17,19-20,25-28,30,32-33,35-36,39,57-59,63-64H,4-6,8-9,11-15,18,21-24,29,31,34,37-38,40-56H2,1-3H3,(H,62,65)/b10-7-,19-16-,20-17-,27-25-,28-26-,32-30-,35-33-,39-36-. The highest BCUT2D eigenvalue weighted by Crippen LogP contribution is 2.17. The van der Waals surface area contributed by atoms with E-state index >= 15 is 0 Å². The van der Waals surface area contributed by atoms with E-state index in [4.69, 9.17) is 4.74 Å². The smallest absolute Gasteiger partial charge is 0.306 e. The predicted octanol–water partition coefficient (Wildman–Crippen LogP) is 17.3. The van der Waals surface area contributed by atoms with Gasteiger partial charge in [-0.2, -0.15) is 0 Å². The number of carbonyl (C=O) groups excluding carboxylic acids is 2. The van der Waals surface area contributed by atoms with Crippen molar-refractivity contribution in [2.24, 2.45) is 0 Å². The number of nitrogens with one attached hydrogen (secondary N) is 1. The number of hydrogen-bond donors (Lipinski definition) is 3. The van der Waals surface area contributed by atoms with Crippen molar-refractivity contribution >= 4 is 11.9 Å². The molecule has 0 aliphatic rings. The van der Waals surface area contributed by atoms with Crippen molar-refractivity contribution in [3.63, 3.8) is 0 Å². The summed E-state index contributed by atoms with van der Waals surface area (Å²) in [6, 6.07) is -0.722. The summed E-state index contributed by atoms with van der Waals surface area (Å²) in [4.78, 5) is 26.2. The Morgan fingerprint density at radius 1 is 0.448 bits per heavy atom. The van der Waals surface area contributed by atoms with Crippen molar-refractivity contribution in [3.05, 3.63) is 97.2 Å². The van der Waals surface area contributed by atoms with Crippen LogP contribution in [0.5, 0.6) is 0 Å². The van der Waals surface area contributed by atoms with E-state index < -0.39 is 18.2 Å². The molecule has 0 aliphatic heterocycles. The van der Waals surface area contributed by atoms with Crippen molar-refractivity contribution in [1.82, 2.24) is 5.32 Å². The van der Waals surface area contributed by atoms with Crippen molar-refractivity contribution in [2.75, 3.05) is 6.61 Å². The molecule has 6 nitrogen and oxygen atoms in total. The quantitative estimate of drug-likeness (QED) is 0.0321. The van der Waals surface area contributed by atoms with Crippen molar-refractivity contribution in [3.8, 4) is 0 Å². The van der Waals surface area contributed by atoms with Crippen LogP contribution in [0.2, 0.25) is 0 Å². The van der Waals surface area contributed by atoms with Crippen LogP contribution in [-0.4, -0.2) is 46.9 Å². The number of rotatable bonds is 49. The molecule has 0 saturated carbocycles. The Labute approximate surface area is 414 Å². The Kier molecular flexibility index (Phi) is 51.1. The average molecular weight is 933 g/mol. The van der Waals surface area contributed by atoms with Gasteiger partial charge in [-0.3, -0.25) is 9.59 Å². The molecule has 0 aromatic rings. The average Bonchev–Trinajstić information content (AvgIpc) is 3.32. The Morgan fingerprint density at radius 2 is 0.806 bits per heavy atom. The first-order valence-electron chi connectivity index (χ1n) is 28.0. The second-order valence-corrected chi connectivity index (χ2v) is 18.6. The van der Waals surface area contributed by atoms with Crippen LogP contribution in [0.4, 0.5) is 0 Å². The van der Waals surface area contributed by atoms with Crippen LogP contribution < -0.4 is 5.32 Å². The normalized spacial score (nSPS) is 13.9. The van der Waals surface area contributed by atoms with Crippen LogP contribution in [0, 0.1) is 0 Å². The fourth-order valence-electron chi connectivity index (χ4n) is 7.93. The molecular weight excluding hydrogens is 827 g/mol. The molecule has 3 N–H and O–H groups in total. The number of amides is 1. The maximum absolute atomic E-state index is 13.3. The van der Waals surface area contributed by atoms with Gasteiger partial charge >= 0.3 is 5.97 Å². The molecule has 3 unspecified atom stereocenters. The molecule has 1 amide bonds. The molecule has 0 spiro atoms. The van der Waals surface area contributed by atoms with Crippen molar-refractivity contribution < 1.29 is 24.5 Å². The Bertz CT molecular complexity index is 1320. The fourth-order valence-corrected chi connectivity index (χ4v) is 7.93. The lowest BCUT2D eigenvalue weighted by molar-refractivity contribution is -0.151. The lowest BCUT2D eigenvalue weighted by atomic mass is 10.0. The minimum absolute atomic E-state index is 0.0442. The topological polar surface area (TPSA) is 95.9 Å². The molecule has 0 aromatic carbocycles. The van der Waals surface area contributed by atoms with Gasteiger partial charge in [0.05, 0.1) is 25.2 Å². The summed E-state index contributed by atoms with van der Waals surface area (Å²) in [5, 5.41) is 23.8. The minimum Gasteiger partial charge on any atom is -0.462 e. The van der Waals surface area contributed by atoms with Gasteiger partial charge in [-0.25, -0.2) is 0 Å². The van der Waals surface area contributed by atoms with Gasteiger partial charge in [0, 0.05) is 6.42 Å². The number of unbranched alkanes of at least 4 members (excludes halogenated alkanes) is 21. The maximum atomic E-state index is 13.3. The first-order valence-corrected chi connectivity index (χ1v) is 28.0. The molecule has 0 saturated heterocycles. The van der Waals surface area contributed by atoms with E-state index in [1.54, 1.807) is 0 Å². The van der Waals surface area contributed by atoms with Crippen LogP contribution in [0.25, 0.3) is 0 Å². The second-order valence-electron chi connectivity index (χ2n) is 18.6. The van der Waals surface area contributed by atoms with Crippen LogP contribution in [0.15, 0.2) is 97.2 Å². The third-order valence-corrected chi connectivity index (χ3v) is 12.1. The maximum Gasteiger partial charge on any atom is 0.306 e. The number of esters is 1. The molecule has 0 aromatic heterocycles.